The number of nitrogens with zero attached hydrogens (tertiary/aromatic N) is 4. The maximum Gasteiger partial charge on any atom is 0.137 e. The molecule has 4 nitrogen and oxygen atoms in total. The Labute approximate surface area is 211 Å². The van der Waals surface area contributed by atoms with E-state index in [9.17, 15) is 0 Å². The summed E-state index contributed by atoms with van der Waals surface area (Å²) in [5.74, 6) is 1.03. The Morgan fingerprint density at radius 1 is 1.17 bits per heavy atom. The Bertz CT molecular complexity index is 1110. The Morgan fingerprint density at radius 3 is 2.74 bits per heavy atom. The number of fused-ring (bicyclic) bond motifs is 2. The van der Waals surface area contributed by atoms with E-state index >= 15 is 0 Å². The Kier molecular flexibility index (Phi) is 7.10. The van der Waals surface area contributed by atoms with Gasteiger partial charge < -0.3 is 4.90 Å². The summed E-state index contributed by atoms with van der Waals surface area (Å²) < 4.78 is 0. The van der Waals surface area contributed by atoms with Crippen LogP contribution in [0.2, 0.25) is 0 Å². The molecule has 0 spiro atoms. The fourth-order valence-electron chi connectivity index (χ4n) is 5.61. The van der Waals surface area contributed by atoms with Crippen molar-refractivity contribution in [3.8, 4) is 0 Å². The highest BCUT2D eigenvalue weighted by Crippen LogP contribution is 2.37. The largest absolute Gasteiger partial charge is 0.367 e. The standard InChI is InChI=1S/C31H40N4/c1-5-24(23(3)4)19-25(6-2)29-20-30(26-11-10-12-26)35-22-28(14-15-31(35)32-29)34-18-17-33-16-9-7-8-13-27(33)21-34/h6-8,14-15,19-20,22,27H,3,5,9-13,16-18,21H2,1-2,4H3/b24-19-,25-6?. The van der Waals surface area contributed by atoms with Crippen LogP contribution < -0.4 is 0 Å². The Morgan fingerprint density at radius 2 is 2.03 bits per heavy atom. The summed E-state index contributed by atoms with van der Waals surface area (Å²) in [7, 11) is 0. The predicted molar refractivity (Wildman–Crippen MR) is 148 cm³/mol. The molecular weight excluding hydrogens is 428 g/mol. The van der Waals surface area contributed by atoms with E-state index in [4.69, 9.17) is 4.99 Å². The molecule has 0 aromatic carbocycles. The first-order valence-electron chi connectivity index (χ1n) is 13.5. The topological polar surface area (TPSA) is 22.1 Å². The highest BCUT2D eigenvalue weighted by atomic mass is 15.3. The van der Waals surface area contributed by atoms with Crippen LogP contribution in [0, 0.1) is 0 Å². The second kappa shape index (κ2) is 10.4. The maximum atomic E-state index is 5.13. The van der Waals surface area contributed by atoms with Gasteiger partial charge in [0, 0.05) is 44.1 Å². The van der Waals surface area contributed by atoms with Crippen LogP contribution in [0.15, 0.2) is 99.7 Å². The fourth-order valence-corrected chi connectivity index (χ4v) is 5.61. The SMILES string of the molecule is C=C(C)/C(=C\C(=CC)C1=CC(=C2CCC2)N2C=C(N3CCN4CCC=CCC4C3)C=CC2=N1)CC. The second-order valence-corrected chi connectivity index (χ2v) is 10.3. The highest BCUT2D eigenvalue weighted by Gasteiger charge is 2.31. The summed E-state index contributed by atoms with van der Waals surface area (Å²) in [6.07, 6.45) is 25.3. The lowest BCUT2D eigenvalue weighted by Crippen LogP contribution is -2.52. The van der Waals surface area contributed by atoms with Crippen molar-refractivity contribution in [2.45, 2.75) is 65.3 Å². The molecule has 0 N–H and O–H groups in total. The molecular formula is C31H40N4. The number of rotatable bonds is 5. The number of aliphatic imine (C=N–C) groups is 1. The van der Waals surface area contributed by atoms with Gasteiger partial charge in [-0.15, -0.1) is 0 Å². The summed E-state index contributed by atoms with van der Waals surface area (Å²) in [6.45, 7) is 15.1. The quantitative estimate of drug-likeness (QED) is 0.334. The van der Waals surface area contributed by atoms with Gasteiger partial charge in [-0.1, -0.05) is 37.3 Å². The van der Waals surface area contributed by atoms with Crippen LogP contribution in [0.4, 0.5) is 0 Å². The van der Waals surface area contributed by atoms with Gasteiger partial charge in [0.05, 0.1) is 11.4 Å². The van der Waals surface area contributed by atoms with E-state index < -0.39 is 0 Å². The first-order chi connectivity index (χ1) is 17.1. The van der Waals surface area contributed by atoms with E-state index in [2.05, 4.69) is 90.8 Å². The lowest BCUT2D eigenvalue weighted by Gasteiger charge is -2.43. The van der Waals surface area contributed by atoms with Crippen molar-refractivity contribution in [2.75, 3.05) is 26.2 Å². The van der Waals surface area contributed by atoms with Crippen molar-refractivity contribution in [1.82, 2.24) is 14.7 Å². The molecule has 0 aromatic rings. The lowest BCUT2D eigenvalue weighted by molar-refractivity contribution is 0.101. The number of piperazine rings is 1. The van der Waals surface area contributed by atoms with Gasteiger partial charge in [-0.05, 0) is 93.4 Å². The zero-order valence-corrected chi connectivity index (χ0v) is 21.8. The molecule has 5 rings (SSSR count). The molecule has 4 heteroatoms. The average molecular weight is 469 g/mol. The summed E-state index contributed by atoms with van der Waals surface area (Å²) in [4.78, 5) is 12.7. The van der Waals surface area contributed by atoms with E-state index in [1.54, 1.807) is 5.57 Å². The molecule has 1 unspecified atom stereocenters. The summed E-state index contributed by atoms with van der Waals surface area (Å²) in [5, 5.41) is 0. The normalized spacial score (nSPS) is 25.3. The smallest absolute Gasteiger partial charge is 0.137 e. The lowest BCUT2D eigenvalue weighted by atomic mass is 9.88. The van der Waals surface area contributed by atoms with Crippen molar-refractivity contribution in [1.29, 1.82) is 0 Å². The van der Waals surface area contributed by atoms with E-state index in [1.807, 2.05) is 0 Å². The first-order valence-corrected chi connectivity index (χ1v) is 13.5. The highest BCUT2D eigenvalue weighted by molar-refractivity contribution is 5.99. The minimum absolute atomic E-state index is 0.620. The third kappa shape index (κ3) is 4.95. The minimum atomic E-state index is 0.620. The molecule has 0 amide bonds. The van der Waals surface area contributed by atoms with E-state index in [0.717, 1.165) is 49.6 Å². The van der Waals surface area contributed by atoms with Crippen LogP contribution in [0.5, 0.6) is 0 Å². The number of hydrogen-bond acceptors (Lipinski definition) is 4. The van der Waals surface area contributed by atoms with E-state index in [-0.39, 0.29) is 0 Å². The Balaban J connectivity index is 1.43. The van der Waals surface area contributed by atoms with Gasteiger partial charge >= 0.3 is 0 Å². The maximum absolute atomic E-state index is 5.13. The van der Waals surface area contributed by atoms with Gasteiger partial charge in [0.15, 0.2) is 0 Å². The van der Waals surface area contributed by atoms with E-state index in [1.165, 1.54) is 54.8 Å². The minimum Gasteiger partial charge on any atom is -0.367 e. The predicted octanol–water partition coefficient (Wildman–Crippen LogP) is 6.63. The van der Waals surface area contributed by atoms with E-state index in [0.29, 0.717) is 6.04 Å². The summed E-state index contributed by atoms with van der Waals surface area (Å²) >= 11 is 0. The first kappa shape index (κ1) is 23.9. The molecule has 4 aliphatic heterocycles. The third-order valence-electron chi connectivity index (χ3n) is 7.99. The van der Waals surface area contributed by atoms with Gasteiger partial charge in [0.25, 0.3) is 0 Å². The molecule has 1 saturated heterocycles. The van der Waals surface area contributed by atoms with Crippen LogP contribution in [0.1, 0.15) is 59.3 Å². The molecule has 1 saturated carbocycles. The van der Waals surface area contributed by atoms with Crippen molar-refractivity contribution in [3.05, 3.63) is 94.7 Å². The third-order valence-corrected chi connectivity index (χ3v) is 7.99. The van der Waals surface area contributed by atoms with Gasteiger partial charge in [-0.25, -0.2) is 4.99 Å². The molecule has 1 atom stereocenters. The van der Waals surface area contributed by atoms with Crippen molar-refractivity contribution in [2.24, 2.45) is 4.99 Å². The van der Waals surface area contributed by atoms with Crippen LogP contribution in [-0.2, 0) is 0 Å². The summed E-state index contributed by atoms with van der Waals surface area (Å²) in [6, 6.07) is 0.620. The van der Waals surface area contributed by atoms with Crippen LogP contribution in [-0.4, -0.2) is 52.8 Å². The molecule has 2 fully saturated rings. The second-order valence-electron chi connectivity index (χ2n) is 10.3. The molecule has 0 aromatic heterocycles. The number of hydrogen-bond donors (Lipinski definition) is 0. The van der Waals surface area contributed by atoms with Crippen LogP contribution in [0.3, 0.4) is 0 Å². The van der Waals surface area contributed by atoms with Gasteiger partial charge in [0.1, 0.15) is 5.84 Å². The van der Waals surface area contributed by atoms with Gasteiger partial charge in [0.2, 0.25) is 0 Å². The molecule has 184 valence electrons. The van der Waals surface area contributed by atoms with Gasteiger partial charge in [-0.3, -0.25) is 9.80 Å². The fraction of sp³-hybridized carbons (Fsp3) is 0.452. The van der Waals surface area contributed by atoms with Crippen molar-refractivity contribution < 1.29 is 0 Å². The molecule has 0 radical (unpaired) electrons. The zero-order chi connectivity index (χ0) is 24.4. The zero-order valence-electron chi connectivity index (χ0n) is 21.8. The molecule has 0 bridgehead atoms. The Hall–Kier alpha value is -2.85. The monoisotopic (exact) mass is 468 g/mol. The van der Waals surface area contributed by atoms with Gasteiger partial charge in [-0.2, -0.15) is 0 Å². The van der Waals surface area contributed by atoms with Crippen LogP contribution in [0.25, 0.3) is 0 Å². The number of amidine groups is 1. The van der Waals surface area contributed by atoms with Crippen LogP contribution >= 0.6 is 0 Å². The van der Waals surface area contributed by atoms with Crippen molar-refractivity contribution >= 4 is 5.84 Å². The van der Waals surface area contributed by atoms with Crippen molar-refractivity contribution in [3.63, 3.8) is 0 Å². The molecule has 35 heavy (non-hydrogen) atoms. The molecule has 5 aliphatic rings. The number of allylic oxidation sites excluding steroid dienone is 7. The summed E-state index contributed by atoms with van der Waals surface area (Å²) in [5.41, 5.74) is 8.84. The average Bonchev–Trinajstić information content (AvgIpc) is 3.08. The molecule has 4 heterocycles. The molecule has 1 aliphatic carbocycles.